The van der Waals surface area contributed by atoms with Crippen LogP contribution in [0.1, 0.15) is 27.4 Å². The number of hydrogen-bond donors (Lipinski definition) is 1. The van der Waals surface area contributed by atoms with Crippen molar-refractivity contribution in [2.24, 2.45) is 7.05 Å². The first-order valence-electron chi connectivity index (χ1n) is 7.62. The van der Waals surface area contributed by atoms with Crippen LogP contribution in [0.25, 0.3) is 11.3 Å². The number of carbonyl (C=O) groups excluding carboxylic acids is 1. The molecule has 0 fully saturated rings. The fourth-order valence-electron chi connectivity index (χ4n) is 2.64. The second-order valence-corrected chi connectivity index (χ2v) is 5.78. The predicted molar refractivity (Wildman–Crippen MR) is 90.3 cm³/mol. The molecule has 0 spiro atoms. The van der Waals surface area contributed by atoms with Crippen molar-refractivity contribution in [2.45, 2.75) is 20.3 Å². The largest absolute Gasteiger partial charge is 0.384 e. The van der Waals surface area contributed by atoms with Gasteiger partial charge < -0.3 is 5.73 Å². The maximum Gasteiger partial charge on any atom is 0.186 e. The van der Waals surface area contributed by atoms with Crippen LogP contribution in [0.15, 0.2) is 24.7 Å². The Labute approximate surface area is 143 Å². The molecule has 0 aromatic carbocycles. The van der Waals surface area contributed by atoms with E-state index in [0.717, 1.165) is 11.8 Å². The molecule has 0 saturated carbocycles. The quantitative estimate of drug-likeness (QED) is 0.730. The first-order valence-corrected chi connectivity index (χ1v) is 7.62. The predicted octanol–water partition coefficient (Wildman–Crippen LogP) is 2.04. The smallest absolute Gasteiger partial charge is 0.186 e. The number of pyridine rings is 1. The van der Waals surface area contributed by atoms with Crippen LogP contribution < -0.4 is 5.73 Å². The lowest BCUT2D eigenvalue weighted by Gasteiger charge is -2.09. The Hall–Kier alpha value is -3.16. The minimum Gasteiger partial charge on any atom is -0.384 e. The minimum absolute atomic E-state index is 0.145. The van der Waals surface area contributed by atoms with E-state index in [0.29, 0.717) is 22.8 Å². The van der Waals surface area contributed by atoms with E-state index in [4.69, 9.17) is 5.73 Å². The molecule has 0 bridgehead atoms. The Morgan fingerprint density at radius 3 is 2.76 bits per heavy atom. The summed E-state index contributed by atoms with van der Waals surface area (Å²) in [6.45, 7) is 3.63. The van der Waals surface area contributed by atoms with E-state index in [-0.39, 0.29) is 23.6 Å². The second-order valence-electron chi connectivity index (χ2n) is 5.78. The Bertz CT molecular complexity index is 966. The molecule has 0 radical (unpaired) electrons. The number of nitrogens with zero attached hydrogens (tertiary/aromatic N) is 5. The van der Waals surface area contributed by atoms with Crippen LogP contribution in [0, 0.1) is 19.7 Å². The third-order valence-electron chi connectivity index (χ3n) is 3.86. The Morgan fingerprint density at radius 2 is 2.00 bits per heavy atom. The summed E-state index contributed by atoms with van der Waals surface area (Å²) < 4.78 is 15.4. The van der Waals surface area contributed by atoms with Gasteiger partial charge in [-0.3, -0.25) is 9.48 Å². The van der Waals surface area contributed by atoms with Crippen molar-refractivity contribution >= 4 is 11.6 Å². The van der Waals surface area contributed by atoms with Gasteiger partial charge in [-0.15, -0.1) is 0 Å². The standard InChI is InChI=1S/C17H17FN6O/c1-9-6-20-10(2)23-16(9)12-7-22-24(3)17(12)14(25)4-11-5-15(19)21-8-13(11)18/h5-8H,4H2,1-3H3,(H2,19,21). The van der Waals surface area contributed by atoms with E-state index in [1.807, 2.05) is 6.92 Å². The van der Waals surface area contributed by atoms with Crippen LogP contribution in [0.2, 0.25) is 0 Å². The Balaban J connectivity index is 2.03. The van der Waals surface area contributed by atoms with Gasteiger partial charge in [0.1, 0.15) is 23.2 Å². The first-order chi connectivity index (χ1) is 11.9. The molecular weight excluding hydrogens is 323 g/mol. The summed E-state index contributed by atoms with van der Waals surface area (Å²) in [7, 11) is 1.66. The summed E-state index contributed by atoms with van der Waals surface area (Å²) in [5.74, 6) is -0.0944. The molecule has 3 aromatic rings. The summed E-state index contributed by atoms with van der Waals surface area (Å²) in [6, 6.07) is 1.36. The Kier molecular flexibility index (Phi) is 4.26. The van der Waals surface area contributed by atoms with Gasteiger partial charge in [0.2, 0.25) is 0 Å². The van der Waals surface area contributed by atoms with Crippen LogP contribution in [0.5, 0.6) is 0 Å². The molecule has 0 unspecified atom stereocenters. The average Bonchev–Trinajstić information content (AvgIpc) is 2.94. The number of halogens is 1. The molecule has 128 valence electrons. The van der Waals surface area contributed by atoms with Crippen molar-refractivity contribution in [3.8, 4) is 11.3 Å². The monoisotopic (exact) mass is 340 g/mol. The third kappa shape index (κ3) is 3.23. The fraction of sp³-hybridized carbons (Fsp3) is 0.235. The number of aromatic nitrogens is 5. The van der Waals surface area contributed by atoms with E-state index in [1.165, 1.54) is 10.7 Å². The molecule has 25 heavy (non-hydrogen) atoms. The van der Waals surface area contributed by atoms with Gasteiger partial charge in [0.05, 0.1) is 18.1 Å². The number of hydrogen-bond acceptors (Lipinski definition) is 6. The number of nitrogen functional groups attached to an aromatic ring is 1. The second kappa shape index (κ2) is 6.39. The van der Waals surface area contributed by atoms with E-state index in [9.17, 15) is 9.18 Å². The molecule has 0 amide bonds. The van der Waals surface area contributed by atoms with Gasteiger partial charge in [0.15, 0.2) is 5.78 Å². The zero-order valence-electron chi connectivity index (χ0n) is 14.1. The number of aryl methyl sites for hydroxylation is 3. The Morgan fingerprint density at radius 1 is 1.24 bits per heavy atom. The van der Waals surface area contributed by atoms with Gasteiger partial charge in [-0.2, -0.15) is 5.10 Å². The number of ketones is 1. The normalized spacial score (nSPS) is 10.9. The molecule has 3 heterocycles. The molecule has 3 aromatic heterocycles. The van der Waals surface area contributed by atoms with Crippen molar-refractivity contribution < 1.29 is 9.18 Å². The van der Waals surface area contributed by atoms with Crippen molar-refractivity contribution in [3.63, 3.8) is 0 Å². The van der Waals surface area contributed by atoms with E-state index in [2.05, 4.69) is 20.1 Å². The average molecular weight is 340 g/mol. The number of rotatable bonds is 4. The van der Waals surface area contributed by atoms with E-state index < -0.39 is 5.82 Å². The van der Waals surface area contributed by atoms with Crippen LogP contribution in [-0.2, 0) is 13.5 Å². The van der Waals surface area contributed by atoms with Crippen LogP contribution in [0.3, 0.4) is 0 Å². The lowest BCUT2D eigenvalue weighted by atomic mass is 10.0. The van der Waals surface area contributed by atoms with Crippen LogP contribution in [-0.4, -0.2) is 30.5 Å². The summed E-state index contributed by atoms with van der Waals surface area (Å²) in [5.41, 5.74) is 8.20. The van der Waals surface area contributed by atoms with E-state index >= 15 is 0 Å². The molecule has 2 N–H and O–H groups in total. The van der Waals surface area contributed by atoms with Gasteiger partial charge in [-0.25, -0.2) is 19.3 Å². The number of carbonyl (C=O) groups is 1. The number of Topliss-reactive ketones (excluding diaryl/α,β-unsaturated/α-hetero) is 1. The molecular formula is C17H17FN6O. The molecule has 0 aliphatic heterocycles. The highest BCUT2D eigenvalue weighted by Crippen LogP contribution is 2.26. The van der Waals surface area contributed by atoms with Crippen molar-refractivity contribution in [2.75, 3.05) is 5.73 Å². The zero-order valence-corrected chi connectivity index (χ0v) is 14.1. The molecule has 0 aliphatic carbocycles. The number of nitrogens with two attached hydrogens (primary N) is 1. The van der Waals surface area contributed by atoms with Crippen LogP contribution >= 0.6 is 0 Å². The molecule has 8 heteroatoms. The lowest BCUT2D eigenvalue weighted by molar-refractivity contribution is 0.0983. The topological polar surface area (TPSA) is 99.6 Å². The van der Waals surface area contributed by atoms with Gasteiger partial charge in [-0.1, -0.05) is 0 Å². The fourth-order valence-corrected chi connectivity index (χ4v) is 2.64. The van der Waals surface area contributed by atoms with Crippen LogP contribution in [0.4, 0.5) is 10.2 Å². The van der Waals surface area contributed by atoms with Gasteiger partial charge in [-0.05, 0) is 25.5 Å². The van der Waals surface area contributed by atoms with Crippen molar-refractivity contribution in [1.82, 2.24) is 24.7 Å². The first kappa shape index (κ1) is 16.7. The summed E-state index contributed by atoms with van der Waals surface area (Å²) in [4.78, 5) is 25.0. The lowest BCUT2D eigenvalue weighted by Crippen LogP contribution is -2.13. The highest BCUT2D eigenvalue weighted by atomic mass is 19.1. The molecule has 0 saturated heterocycles. The number of anilines is 1. The molecule has 0 atom stereocenters. The SMILES string of the molecule is Cc1ncc(C)c(-c2cnn(C)c2C(=O)Cc2cc(N)ncc2F)n1. The highest BCUT2D eigenvalue weighted by molar-refractivity contribution is 6.01. The maximum atomic E-state index is 13.9. The molecule has 0 aliphatic rings. The zero-order chi connectivity index (χ0) is 18.1. The third-order valence-corrected chi connectivity index (χ3v) is 3.86. The van der Waals surface area contributed by atoms with Crippen molar-refractivity contribution in [3.05, 3.63) is 53.1 Å². The molecule has 3 rings (SSSR count). The van der Waals surface area contributed by atoms with E-state index in [1.54, 1.807) is 26.4 Å². The van der Waals surface area contributed by atoms with Gasteiger partial charge >= 0.3 is 0 Å². The van der Waals surface area contributed by atoms with Gasteiger partial charge in [0, 0.05) is 30.8 Å². The summed E-state index contributed by atoms with van der Waals surface area (Å²) in [6.07, 6.45) is 4.15. The van der Waals surface area contributed by atoms with Gasteiger partial charge in [0.25, 0.3) is 0 Å². The minimum atomic E-state index is -0.569. The summed E-state index contributed by atoms with van der Waals surface area (Å²) >= 11 is 0. The molecule has 7 nitrogen and oxygen atoms in total. The highest BCUT2D eigenvalue weighted by Gasteiger charge is 2.22. The maximum absolute atomic E-state index is 13.9. The van der Waals surface area contributed by atoms with Crippen molar-refractivity contribution in [1.29, 1.82) is 0 Å². The summed E-state index contributed by atoms with van der Waals surface area (Å²) in [5, 5.41) is 4.17.